The van der Waals surface area contributed by atoms with Crippen LogP contribution in [0, 0.1) is 5.92 Å². The summed E-state index contributed by atoms with van der Waals surface area (Å²) in [6, 6.07) is 6.34. The van der Waals surface area contributed by atoms with Gasteiger partial charge in [0, 0.05) is 10.4 Å². The Kier molecular flexibility index (Phi) is 3.73. The average molecular weight is 238 g/mol. The number of benzene rings is 1. The zero-order chi connectivity index (χ0) is 9.84. The Balaban J connectivity index is 3.14. The van der Waals surface area contributed by atoms with Crippen LogP contribution in [-0.2, 0) is 6.42 Å². The summed E-state index contributed by atoms with van der Waals surface area (Å²) in [5, 5.41) is 0. The van der Waals surface area contributed by atoms with Gasteiger partial charge in [-0.15, -0.1) is 6.58 Å². The van der Waals surface area contributed by atoms with Crippen molar-refractivity contribution in [1.29, 1.82) is 0 Å². The molecule has 1 aromatic rings. The SMILES string of the molecule is C=C[C](C)c1cccc(CC)c1Br. The Hall–Kier alpha value is -0.560. The lowest BCUT2D eigenvalue weighted by atomic mass is 9.98. The van der Waals surface area contributed by atoms with Gasteiger partial charge in [0.15, 0.2) is 0 Å². The Morgan fingerprint density at radius 3 is 2.77 bits per heavy atom. The maximum Gasteiger partial charge on any atom is 0.0248 e. The summed E-state index contributed by atoms with van der Waals surface area (Å²) < 4.78 is 1.20. The van der Waals surface area contributed by atoms with Gasteiger partial charge in [0.25, 0.3) is 0 Å². The number of halogens is 1. The van der Waals surface area contributed by atoms with Crippen LogP contribution in [0.15, 0.2) is 35.3 Å². The molecule has 0 fully saturated rings. The van der Waals surface area contributed by atoms with E-state index in [4.69, 9.17) is 0 Å². The molecule has 0 aliphatic rings. The van der Waals surface area contributed by atoms with Gasteiger partial charge in [-0.2, -0.15) is 0 Å². The molecular formula is C12H14Br. The Morgan fingerprint density at radius 1 is 1.54 bits per heavy atom. The van der Waals surface area contributed by atoms with Crippen molar-refractivity contribution in [3.63, 3.8) is 0 Å². The molecule has 0 N–H and O–H groups in total. The van der Waals surface area contributed by atoms with Crippen molar-refractivity contribution in [2.24, 2.45) is 0 Å². The fourth-order valence-corrected chi connectivity index (χ4v) is 2.12. The predicted octanol–water partition coefficient (Wildman–Crippen LogP) is 4.14. The maximum atomic E-state index is 3.78. The van der Waals surface area contributed by atoms with Gasteiger partial charge in [0.1, 0.15) is 0 Å². The molecule has 1 rings (SSSR count). The molecule has 0 aliphatic carbocycles. The third-order valence-electron chi connectivity index (χ3n) is 2.19. The summed E-state index contributed by atoms with van der Waals surface area (Å²) in [5.74, 6) is 1.21. The van der Waals surface area contributed by atoms with Gasteiger partial charge >= 0.3 is 0 Å². The molecule has 13 heavy (non-hydrogen) atoms. The normalized spacial score (nSPS) is 10.5. The van der Waals surface area contributed by atoms with Crippen molar-refractivity contribution in [2.75, 3.05) is 0 Å². The van der Waals surface area contributed by atoms with Crippen LogP contribution in [0.25, 0.3) is 0 Å². The van der Waals surface area contributed by atoms with Crippen LogP contribution in [-0.4, -0.2) is 0 Å². The fourth-order valence-electron chi connectivity index (χ4n) is 1.27. The number of rotatable bonds is 3. The lowest BCUT2D eigenvalue weighted by Gasteiger charge is -2.11. The lowest BCUT2D eigenvalue weighted by molar-refractivity contribution is 1.10. The van der Waals surface area contributed by atoms with Gasteiger partial charge in [0.05, 0.1) is 0 Å². The standard InChI is InChI=1S/C12H14Br/c1-4-9(3)11-8-6-7-10(5-2)12(11)13/h4,6-8H,1,5H2,2-3H3. The number of allylic oxidation sites excluding steroid dienone is 1. The Bertz CT molecular complexity index is 302. The summed E-state index contributed by atoms with van der Waals surface area (Å²) in [7, 11) is 0. The highest BCUT2D eigenvalue weighted by atomic mass is 79.9. The minimum absolute atomic E-state index is 1.05. The Morgan fingerprint density at radius 2 is 2.23 bits per heavy atom. The van der Waals surface area contributed by atoms with E-state index in [0.717, 1.165) is 6.42 Å². The summed E-state index contributed by atoms with van der Waals surface area (Å²) >= 11 is 3.61. The molecule has 69 valence electrons. The van der Waals surface area contributed by atoms with Crippen molar-refractivity contribution in [2.45, 2.75) is 20.3 Å². The van der Waals surface area contributed by atoms with E-state index in [1.807, 2.05) is 6.08 Å². The van der Waals surface area contributed by atoms with E-state index in [1.165, 1.54) is 21.5 Å². The van der Waals surface area contributed by atoms with E-state index in [0.29, 0.717) is 0 Å². The minimum Gasteiger partial charge on any atom is -0.102 e. The van der Waals surface area contributed by atoms with Gasteiger partial charge < -0.3 is 0 Å². The molecule has 0 bridgehead atoms. The minimum atomic E-state index is 1.05. The molecule has 0 spiro atoms. The van der Waals surface area contributed by atoms with Crippen molar-refractivity contribution < 1.29 is 0 Å². The fraction of sp³-hybridized carbons (Fsp3) is 0.250. The van der Waals surface area contributed by atoms with E-state index >= 15 is 0 Å². The van der Waals surface area contributed by atoms with Crippen molar-refractivity contribution >= 4 is 15.9 Å². The molecule has 0 heterocycles. The summed E-state index contributed by atoms with van der Waals surface area (Å²) in [5.41, 5.74) is 2.59. The second-order valence-corrected chi connectivity index (χ2v) is 3.81. The molecule has 0 nitrogen and oxygen atoms in total. The molecule has 0 aromatic heterocycles. The number of hydrogen-bond donors (Lipinski definition) is 0. The molecule has 1 heteroatoms. The monoisotopic (exact) mass is 237 g/mol. The molecule has 0 amide bonds. The zero-order valence-electron chi connectivity index (χ0n) is 8.10. The summed E-state index contributed by atoms with van der Waals surface area (Å²) in [6.07, 6.45) is 2.94. The first-order chi connectivity index (χ1) is 6.20. The van der Waals surface area contributed by atoms with Crippen LogP contribution >= 0.6 is 15.9 Å². The maximum absolute atomic E-state index is 3.78. The average Bonchev–Trinajstić information content (AvgIpc) is 2.17. The van der Waals surface area contributed by atoms with Crippen LogP contribution in [0.4, 0.5) is 0 Å². The summed E-state index contributed by atoms with van der Waals surface area (Å²) in [4.78, 5) is 0. The van der Waals surface area contributed by atoms with E-state index in [1.54, 1.807) is 0 Å². The second-order valence-electron chi connectivity index (χ2n) is 3.02. The molecular weight excluding hydrogens is 224 g/mol. The first-order valence-electron chi connectivity index (χ1n) is 4.44. The molecule has 0 saturated heterocycles. The quantitative estimate of drug-likeness (QED) is 0.742. The van der Waals surface area contributed by atoms with Crippen LogP contribution in [0.3, 0.4) is 0 Å². The van der Waals surface area contributed by atoms with Crippen LogP contribution in [0.5, 0.6) is 0 Å². The predicted molar refractivity (Wildman–Crippen MR) is 61.7 cm³/mol. The molecule has 0 aliphatic heterocycles. The first kappa shape index (κ1) is 10.5. The highest BCUT2D eigenvalue weighted by Gasteiger charge is 2.08. The summed E-state index contributed by atoms with van der Waals surface area (Å²) in [6.45, 7) is 8.01. The number of aryl methyl sites for hydroxylation is 1. The van der Waals surface area contributed by atoms with Gasteiger partial charge in [-0.1, -0.05) is 54.1 Å². The molecule has 0 saturated carbocycles. The van der Waals surface area contributed by atoms with Crippen LogP contribution in [0.2, 0.25) is 0 Å². The molecule has 0 unspecified atom stereocenters. The van der Waals surface area contributed by atoms with Gasteiger partial charge in [0.2, 0.25) is 0 Å². The second kappa shape index (κ2) is 4.61. The Labute approximate surface area is 88.8 Å². The topological polar surface area (TPSA) is 0 Å². The molecule has 1 aromatic carbocycles. The smallest absolute Gasteiger partial charge is 0.0248 e. The largest absolute Gasteiger partial charge is 0.102 e. The van der Waals surface area contributed by atoms with Gasteiger partial charge in [-0.25, -0.2) is 0 Å². The van der Waals surface area contributed by atoms with E-state index in [9.17, 15) is 0 Å². The van der Waals surface area contributed by atoms with Gasteiger partial charge in [-0.05, 0) is 17.5 Å². The molecule has 0 atom stereocenters. The lowest BCUT2D eigenvalue weighted by Crippen LogP contribution is -1.94. The van der Waals surface area contributed by atoms with E-state index in [2.05, 4.69) is 54.6 Å². The first-order valence-corrected chi connectivity index (χ1v) is 5.23. The highest BCUT2D eigenvalue weighted by molar-refractivity contribution is 9.10. The van der Waals surface area contributed by atoms with E-state index in [-0.39, 0.29) is 0 Å². The third-order valence-corrected chi connectivity index (χ3v) is 3.13. The van der Waals surface area contributed by atoms with Gasteiger partial charge in [-0.3, -0.25) is 0 Å². The van der Waals surface area contributed by atoms with Crippen LogP contribution in [0.1, 0.15) is 25.0 Å². The van der Waals surface area contributed by atoms with E-state index < -0.39 is 0 Å². The van der Waals surface area contributed by atoms with Crippen molar-refractivity contribution in [1.82, 2.24) is 0 Å². The third kappa shape index (κ3) is 2.22. The number of hydrogen-bond acceptors (Lipinski definition) is 0. The van der Waals surface area contributed by atoms with Crippen LogP contribution < -0.4 is 0 Å². The highest BCUT2D eigenvalue weighted by Crippen LogP contribution is 2.28. The van der Waals surface area contributed by atoms with Crippen molar-refractivity contribution in [3.8, 4) is 0 Å². The van der Waals surface area contributed by atoms with Crippen molar-refractivity contribution in [3.05, 3.63) is 52.4 Å². The zero-order valence-corrected chi connectivity index (χ0v) is 9.69. The molecule has 1 radical (unpaired) electrons.